The van der Waals surface area contributed by atoms with Crippen LogP contribution in [0.15, 0.2) is 24.4 Å². The molecule has 0 spiro atoms. The molecule has 4 heterocycles. The van der Waals surface area contributed by atoms with Gasteiger partial charge in [-0.25, -0.2) is 4.52 Å². The Labute approximate surface area is 146 Å². The fourth-order valence-corrected chi connectivity index (χ4v) is 3.07. The second-order valence-electron chi connectivity index (χ2n) is 6.91. The molecule has 8 nitrogen and oxygen atoms in total. The van der Waals surface area contributed by atoms with Crippen LogP contribution in [-0.2, 0) is 0 Å². The SMILES string of the molecule is CC(C)c1cc(Nc2nc(N3CCC(N)CC3)nn3cccc23)[nH]n1. The fraction of sp³-hybridized carbons (Fsp3) is 0.471. The van der Waals surface area contributed by atoms with Gasteiger partial charge in [0.1, 0.15) is 11.3 Å². The Morgan fingerprint density at radius 3 is 2.84 bits per heavy atom. The lowest BCUT2D eigenvalue weighted by molar-refractivity contribution is 0.493. The van der Waals surface area contributed by atoms with E-state index in [-0.39, 0.29) is 6.04 Å². The van der Waals surface area contributed by atoms with E-state index in [0.717, 1.165) is 54.7 Å². The Hall–Kier alpha value is -2.61. The number of hydrogen-bond acceptors (Lipinski definition) is 6. The van der Waals surface area contributed by atoms with Crippen LogP contribution in [0.4, 0.5) is 17.6 Å². The van der Waals surface area contributed by atoms with Crippen LogP contribution in [-0.4, -0.2) is 43.9 Å². The number of anilines is 3. The van der Waals surface area contributed by atoms with Gasteiger partial charge in [-0.05, 0) is 30.9 Å². The third kappa shape index (κ3) is 3.17. The number of hydrogen-bond donors (Lipinski definition) is 3. The molecule has 1 aliphatic rings. The molecule has 8 heteroatoms. The number of fused-ring (bicyclic) bond motifs is 1. The zero-order valence-corrected chi connectivity index (χ0v) is 14.6. The van der Waals surface area contributed by atoms with Crippen molar-refractivity contribution in [3.8, 4) is 0 Å². The summed E-state index contributed by atoms with van der Waals surface area (Å²) in [5, 5.41) is 15.4. The van der Waals surface area contributed by atoms with E-state index < -0.39 is 0 Å². The molecule has 4 N–H and O–H groups in total. The zero-order valence-electron chi connectivity index (χ0n) is 14.6. The maximum Gasteiger partial charge on any atom is 0.245 e. The molecule has 0 unspecified atom stereocenters. The molecule has 132 valence electrons. The van der Waals surface area contributed by atoms with Crippen LogP contribution in [0.5, 0.6) is 0 Å². The van der Waals surface area contributed by atoms with Crippen LogP contribution in [0.2, 0.25) is 0 Å². The number of nitrogens with zero attached hydrogens (tertiary/aromatic N) is 5. The van der Waals surface area contributed by atoms with Gasteiger partial charge >= 0.3 is 0 Å². The number of nitrogens with two attached hydrogens (primary N) is 1. The summed E-state index contributed by atoms with van der Waals surface area (Å²) in [5.74, 6) is 2.70. The van der Waals surface area contributed by atoms with Crippen molar-refractivity contribution >= 4 is 23.1 Å². The summed E-state index contributed by atoms with van der Waals surface area (Å²) in [6, 6.07) is 6.27. The van der Waals surface area contributed by atoms with E-state index in [1.54, 1.807) is 0 Å². The van der Waals surface area contributed by atoms with E-state index in [9.17, 15) is 0 Å². The van der Waals surface area contributed by atoms with Gasteiger partial charge < -0.3 is 16.0 Å². The van der Waals surface area contributed by atoms with Gasteiger partial charge in [0.05, 0.1) is 5.69 Å². The topological polar surface area (TPSA) is 100 Å². The predicted octanol–water partition coefficient (Wildman–Crippen LogP) is 2.25. The molecular formula is C17H24N8. The molecule has 0 radical (unpaired) electrons. The first kappa shape index (κ1) is 15.9. The highest BCUT2D eigenvalue weighted by molar-refractivity contribution is 5.73. The van der Waals surface area contributed by atoms with Gasteiger partial charge in [0.25, 0.3) is 0 Å². The van der Waals surface area contributed by atoms with Gasteiger partial charge in [0, 0.05) is 31.4 Å². The number of H-pyrrole nitrogens is 1. The highest BCUT2D eigenvalue weighted by atomic mass is 15.4. The molecule has 3 aromatic rings. The molecule has 0 bridgehead atoms. The lowest BCUT2D eigenvalue weighted by Crippen LogP contribution is -2.40. The summed E-state index contributed by atoms with van der Waals surface area (Å²) in [5.41, 5.74) is 7.96. The zero-order chi connectivity index (χ0) is 17.4. The summed E-state index contributed by atoms with van der Waals surface area (Å²) < 4.78 is 1.86. The number of nitrogens with one attached hydrogen (secondary N) is 2. The van der Waals surface area contributed by atoms with Gasteiger partial charge in [-0.1, -0.05) is 13.8 Å². The smallest absolute Gasteiger partial charge is 0.245 e. The molecule has 0 aliphatic carbocycles. The van der Waals surface area contributed by atoms with Crippen molar-refractivity contribution in [3.05, 3.63) is 30.1 Å². The Morgan fingerprint density at radius 2 is 2.12 bits per heavy atom. The van der Waals surface area contributed by atoms with Gasteiger partial charge in [0.15, 0.2) is 5.82 Å². The van der Waals surface area contributed by atoms with Crippen molar-refractivity contribution in [1.82, 2.24) is 24.8 Å². The van der Waals surface area contributed by atoms with Crippen LogP contribution in [0, 0.1) is 0 Å². The molecule has 4 rings (SSSR count). The van der Waals surface area contributed by atoms with E-state index in [2.05, 4.69) is 39.4 Å². The van der Waals surface area contributed by atoms with Crippen molar-refractivity contribution in [2.24, 2.45) is 5.73 Å². The molecule has 1 saturated heterocycles. The molecular weight excluding hydrogens is 316 g/mol. The summed E-state index contributed by atoms with van der Waals surface area (Å²) in [7, 11) is 0. The van der Waals surface area contributed by atoms with Gasteiger partial charge in [-0.3, -0.25) is 5.10 Å². The van der Waals surface area contributed by atoms with E-state index in [1.807, 2.05) is 28.9 Å². The second-order valence-corrected chi connectivity index (χ2v) is 6.91. The third-order valence-electron chi connectivity index (χ3n) is 4.64. The maximum atomic E-state index is 6.01. The molecule has 1 fully saturated rings. The van der Waals surface area contributed by atoms with Crippen molar-refractivity contribution in [1.29, 1.82) is 0 Å². The minimum Gasteiger partial charge on any atom is -0.339 e. The standard InChI is InChI=1S/C17H24N8/c1-11(2)13-10-15(22-21-13)19-16-14-4-3-7-25(14)23-17(20-16)24-8-5-12(18)6-9-24/h3-4,7,10-12H,5-6,8-9,18H2,1-2H3,(H2,19,20,21,22,23). The number of rotatable bonds is 4. The average molecular weight is 340 g/mol. The molecule has 0 amide bonds. The van der Waals surface area contributed by atoms with E-state index in [1.165, 1.54) is 0 Å². The molecule has 0 aromatic carbocycles. The first-order valence-corrected chi connectivity index (χ1v) is 8.78. The van der Waals surface area contributed by atoms with Crippen molar-refractivity contribution < 1.29 is 0 Å². The quantitative estimate of drug-likeness (QED) is 0.673. The largest absolute Gasteiger partial charge is 0.339 e. The Balaban J connectivity index is 1.66. The summed E-state index contributed by atoms with van der Waals surface area (Å²) in [6.45, 7) is 6.01. The first-order chi connectivity index (χ1) is 12.1. The van der Waals surface area contributed by atoms with Gasteiger partial charge in [-0.2, -0.15) is 10.1 Å². The Bertz CT molecular complexity index is 857. The highest BCUT2D eigenvalue weighted by Gasteiger charge is 2.20. The van der Waals surface area contributed by atoms with E-state index in [4.69, 9.17) is 10.7 Å². The Kier molecular flexibility index (Phi) is 4.04. The molecule has 0 atom stereocenters. The third-order valence-corrected chi connectivity index (χ3v) is 4.64. The van der Waals surface area contributed by atoms with Crippen molar-refractivity contribution in [2.45, 2.75) is 38.6 Å². The van der Waals surface area contributed by atoms with E-state index in [0.29, 0.717) is 5.92 Å². The van der Waals surface area contributed by atoms with Crippen LogP contribution in [0.25, 0.3) is 5.52 Å². The number of aromatic nitrogens is 5. The minimum absolute atomic E-state index is 0.281. The minimum atomic E-state index is 0.281. The highest BCUT2D eigenvalue weighted by Crippen LogP contribution is 2.24. The number of aromatic amines is 1. The fourth-order valence-electron chi connectivity index (χ4n) is 3.07. The Morgan fingerprint density at radius 1 is 1.32 bits per heavy atom. The van der Waals surface area contributed by atoms with Crippen molar-refractivity contribution in [2.75, 3.05) is 23.3 Å². The van der Waals surface area contributed by atoms with Crippen LogP contribution >= 0.6 is 0 Å². The predicted molar refractivity (Wildman–Crippen MR) is 98.4 cm³/mol. The molecule has 3 aromatic heterocycles. The normalized spacial score (nSPS) is 16.1. The maximum absolute atomic E-state index is 6.01. The van der Waals surface area contributed by atoms with Crippen molar-refractivity contribution in [3.63, 3.8) is 0 Å². The summed E-state index contributed by atoms with van der Waals surface area (Å²) >= 11 is 0. The first-order valence-electron chi connectivity index (χ1n) is 8.78. The molecule has 1 aliphatic heterocycles. The number of piperidine rings is 1. The lowest BCUT2D eigenvalue weighted by Gasteiger charge is -2.30. The lowest BCUT2D eigenvalue weighted by atomic mass is 10.1. The molecule has 0 saturated carbocycles. The van der Waals surface area contributed by atoms with Crippen LogP contribution in [0.3, 0.4) is 0 Å². The summed E-state index contributed by atoms with van der Waals surface area (Å²) in [6.07, 6.45) is 3.87. The van der Waals surface area contributed by atoms with E-state index >= 15 is 0 Å². The van der Waals surface area contributed by atoms with Gasteiger partial charge in [0.2, 0.25) is 5.95 Å². The second kappa shape index (κ2) is 6.36. The van der Waals surface area contributed by atoms with Crippen LogP contribution < -0.4 is 16.0 Å². The monoisotopic (exact) mass is 340 g/mol. The average Bonchev–Trinajstić information content (AvgIpc) is 3.24. The van der Waals surface area contributed by atoms with Gasteiger partial charge in [-0.15, -0.1) is 5.10 Å². The molecule has 25 heavy (non-hydrogen) atoms. The van der Waals surface area contributed by atoms with Crippen LogP contribution in [0.1, 0.15) is 38.3 Å². The summed E-state index contributed by atoms with van der Waals surface area (Å²) in [4.78, 5) is 6.96.